The number of aliphatic carboxylic acids is 1. The molecule has 0 saturated heterocycles. The number of carboxylic acid groups (broad SMARTS) is 1. The summed E-state index contributed by atoms with van der Waals surface area (Å²) in [6.07, 6.45) is 0. The molecule has 0 spiro atoms. The predicted octanol–water partition coefficient (Wildman–Crippen LogP) is 2.66. The van der Waals surface area contributed by atoms with E-state index in [0.717, 1.165) is 16.5 Å². The lowest BCUT2D eigenvalue weighted by molar-refractivity contribution is -0.139. The molecule has 94 valence electrons. The van der Waals surface area contributed by atoms with E-state index in [4.69, 9.17) is 9.84 Å². The van der Waals surface area contributed by atoms with E-state index < -0.39 is 5.97 Å². The van der Waals surface area contributed by atoms with Crippen molar-refractivity contribution in [3.8, 4) is 5.75 Å². The number of carboxylic acids is 1. The second kappa shape index (κ2) is 5.50. The van der Waals surface area contributed by atoms with Crippen molar-refractivity contribution in [2.45, 2.75) is 6.92 Å². The Morgan fingerprint density at radius 2 is 2.39 bits per heavy atom. The highest BCUT2D eigenvalue weighted by Gasteiger charge is 2.02. The van der Waals surface area contributed by atoms with E-state index >= 15 is 0 Å². The van der Waals surface area contributed by atoms with E-state index in [1.54, 1.807) is 18.2 Å². The second-order valence-electron chi connectivity index (χ2n) is 3.63. The number of thiazole rings is 1. The first-order chi connectivity index (χ1) is 8.63. The van der Waals surface area contributed by atoms with Crippen LogP contribution in [0.3, 0.4) is 0 Å². The van der Waals surface area contributed by atoms with Crippen molar-refractivity contribution >= 4 is 28.1 Å². The summed E-state index contributed by atoms with van der Waals surface area (Å²) >= 11 is 1.51. The van der Waals surface area contributed by atoms with Crippen LogP contribution >= 0.6 is 11.3 Å². The van der Waals surface area contributed by atoms with Crippen LogP contribution in [0.4, 0.5) is 10.8 Å². The van der Waals surface area contributed by atoms with Crippen LogP contribution in [0.15, 0.2) is 29.6 Å². The first kappa shape index (κ1) is 12.4. The summed E-state index contributed by atoms with van der Waals surface area (Å²) in [6, 6.07) is 7.10. The van der Waals surface area contributed by atoms with Crippen LogP contribution < -0.4 is 10.1 Å². The lowest BCUT2D eigenvalue weighted by atomic mass is 10.3. The number of hydrogen-bond acceptors (Lipinski definition) is 5. The van der Waals surface area contributed by atoms with Crippen molar-refractivity contribution in [1.82, 2.24) is 4.98 Å². The Hall–Kier alpha value is -2.08. The fourth-order valence-corrected chi connectivity index (χ4v) is 2.05. The maximum absolute atomic E-state index is 10.4. The molecule has 2 aromatic rings. The monoisotopic (exact) mass is 264 g/mol. The van der Waals surface area contributed by atoms with E-state index in [1.165, 1.54) is 11.3 Å². The normalized spacial score (nSPS) is 10.1. The number of benzene rings is 1. The van der Waals surface area contributed by atoms with Gasteiger partial charge in [0.15, 0.2) is 11.7 Å². The molecule has 0 saturated carbocycles. The zero-order valence-corrected chi connectivity index (χ0v) is 10.5. The molecule has 0 fully saturated rings. The molecule has 5 nitrogen and oxygen atoms in total. The molecule has 0 aliphatic carbocycles. The fraction of sp³-hybridized carbons (Fsp3) is 0.167. The van der Waals surface area contributed by atoms with Crippen LogP contribution in [-0.2, 0) is 4.79 Å². The van der Waals surface area contributed by atoms with E-state index in [-0.39, 0.29) is 6.61 Å². The number of aromatic nitrogens is 1. The summed E-state index contributed by atoms with van der Waals surface area (Å²) in [4.78, 5) is 14.7. The van der Waals surface area contributed by atoms with Crippen LogP contribution in [0.2, 0.25) is 0 Å². The average Bonchev–Trinajstić information content (AvgIpc) is 2.73. The minimum Gasteiger partial charge on any atom is -0.482 e. The Balaban J connectivity index is 2.05. The number of rotatable bonds is 5. The number of ether oxygens (including phenoxy) is 1. The maximum Gasteiger partial charge on any atom is 0.341 e. The number of aryl methyl sites for hydroxylation is 1. The smallest absolute Gasteiger partial charge is 0.341 e. The summed E-state index contributed by atoms with van der Waals surface area (Å²) in [5, 5.41) is 14.4. The first-order valence-electron chi connectivity index (χ1n) is 5.27. The van der Waals surface area contributed by atoms with Gasteiger partial charge in [-0.1, -0.05) is 6.07 Å². The van der Waals surface area contributed by atoms with Crippen LogP contribution in [0.1, 0.15) is 5.69 Å². The molecule has 0 bridgehead atoms. The highest BCUT2D eigenvalue weighted by molar-refractivity contribution is 7.13. The van der Waals surface area contributed by atoms with Crippen molar-refractivity contribution in [3.05, 3.63) is 35.3 Å². The van der Waals surface area contributed by atoms with E-state index in [2.05, 4.69) is 10.3 Å². The summed E-state index contributed by atoms with van der Waals surface area (Å²) in [6.45, 7) is 1.58. The molecular formula is C12H12N2O3S. The summed E-state index contributed by atoms with van der Waals surface area (Å²) < 4.78 is 5.09. The van der Waals surface area contributed by atoms with Gasteiger partial charge in [0.1, 0.15) is 5.75 Å². The third-order valence-electron chi connectivity index (χ3n) is 2.07. The fourth-order valence-electron chi connectivity index (χ4n) is 1.34. The highest BCUT2D eigenvalue weighted by atomic mass is 32.1. The zero-order valence-electron chi connectivity index (χ0n) is 9.71. The molecule has 0 amide bonds. The van der Waals surface area contributed by atoms with Crippen molar-refractivity contribution in [1.29, 1.82) is 0 Å². The maximum atomic E-state index is 10.4. The Bertz CT molecular complexity index is 554. The van der Waals surface area contributed by atoms with Crippen LogP contribution in [-0.4, -0.2) is 22.7 Å². The van der Waals surface area contributed by atoms with Gasteiger partial charge in [-0.05, 0) is 19.1 Å². The molecule has 0 aliphatic rings. The number of nitrogens with one attached hydrogen (secondary N) is 1. The van der Waals surface area contributed by atoms with Gasteiger partial charge in [0.05, 0.1) is 5.69 Å². The second-order valence-corrected chi connectivity index (χ2v) is 4.49. The molecular weight excluding hydrogens is 252 g/mol. The lowest BCUT2D eigenvalue weighted by Crippen LogP contribution is -2.09. The standard InChI is InChI=1S/C12H12N2O3S/c1-8-7-18-12(13-8)14-9-3-2-4-10(5-9)17-6-11(15)16/h2-5,7H,6H2,1H3,(H,13,14)(H,15,16). The molecule has 0 aliphatic heterocycles. The van der Waals surface area contributed by atoms with Crippen molar-refractivity contribution < 1.29 is 14.6 Å². The van der Waals surface area contributed by atoms with Crippen molar-refractivity contribution in [2.75, 3.05) is 11.9 Å². The molecule has 2 rings (SSSR count). The zero-order chi connectivity index (χ0) is 13.0. The van der Waals surface area contributed by atoms with Crippen LogP contribution in [0.25, 0.3) is 0 Å². The van der Waals surface area contributed by atoms with Gasteiger partial charge in [0.2, 0.25) is 0 Å². The minimum absolute atomic E-state index is 0.347. The first-order valence-corrected chi connectivity index (χ1v) is 6.15. The SMILES string of the molecule is Cc1csc(Nc2cccc(OCC(=O)O)c2)n1. The largest absolute Gasteiger partial charge is 0.482 e. The molecule has 1 aromatic carbocycles. The quantitative estimate of drug-likeness (QED) is 0.868. The van der Waals surface area contributed by atoms with Crippen molar-refractivity contribution in [3.63, 3.8) is 0 Å². The third kappa shape index (κ3) is 3.46. The van der Waals surface area contributed by atoms with E-state index in [9.17, 15) is 4.79 Å². The van der Waals surface area contributed by atoms with Gasteiger partial charge in [-0.3, -0.25) is 0 Å². The number of anilines is 2. The summed E-state index contributed by atoms with van der Waals surface area (Å²) in [5.74, 6) is -0.486. The minimum atomic E-state index is -0.996. The Morgan fingerprint density at radius 3 is 3.06 bits per heavy atom. The van der Waals surface area contributed by atoms with Crippen LogP contribution in [0, 0.1) is 6.92 Å². The van der Waals surface area contributed by atoms with E-state index in [0.29, 0.717) is 5.75 Å². The molecule has 1 heterocycles. The van der Waals surface area contributed by atoms with Gasteiger partial charge < -0.3 is 15.2 Å². The Kier molecular flexibility index (Phi) is 3.78. The average molecular weight is 264 g/mol. The molecule has 6 heteroatoms. The molecule has 0 radical (unpaired) electrons. The summed E-state index contributed by atoms with van der Waals surface area (Å²) in [5.41, 5.74) is 1.77. The highest BCUT2D eigenvalue weighted by Crippen LogP contribution is 2.23. The molecule has 0 unspecified atom stereocenters. The van der Waals surface area contributed by atoms with Gasteiger partial charge >= 0.3 is 5.97 Å². The third-order valence-corrected chi connectivity index (χ3v) is 2.94. The van der Waals surface area contributed by atoms with Gasteiger partial charge in [0, 0.05) is 17.1 Å². The van der Waals surface area contributed by atoms with E-state index in [1.807, 2.05) is 18.4 Å². The Labute approximate surface area is 108 Å². The summed E-state index contributed by atoms with van der Waals surface area (Å²) in [7, 11) is 0. The molecule has 0 atom stereocenters. The number of hydrogen-bond donors (Lipinski definition) is 2. The topological polar surface area (TPSA) is 71.5 Å². The van der Waals surface area contributed by atoms with Crippen LogP contribution in [0.5, 0.6) is 5.75 Å². The Morgan fingerprint density at radius 1 is 1.56 bits per heavy atom. The lowest BCUT2D eigenvalue weighted by Gasteiger charge is -2.06. The number of nitrogens with zero attached hydrogens (tertiary/aromatic N) is 1. The molecule has 18 heavy (non-hydrogen) atoms. The van der Waals surface area contributed by atoms with Crippen molar-refractivity contribution in [2.24, 2.45) is 0 Å². The molecule has 1 aromatic heterocycles. The van der Waals surface area contributed by atoms with Gasteiger partial charge in [-0.25, -0.2) is 9.78 Å². The predicted molar refractivity (Wildman–Crippen MR) is 69.7 cm³/mol. The van der Waals surface area contributed by atoms with Gasteiger partial charge in [-0.15, -0.1) is 11.3 Å². The molecule has 2 N–H and O–H groups in total. The number of carbonyl (C=O) groups is 1. The van der Waals surface area contributed by atoms with Gasteiger partial charge in [0.25, 0.3) is 0 Å². The van der Waals surface area contributed by atoms with Gasteiger partial charge in [-0.2, -0.15) is 0 Å².